The summed E-state index contributed by atoms with van der Waals surface area (Å²) >= 11 is 0. The lowest BCUT2D eigenvalue weighted by Gasteiger charge is -2.45. The van der Waals surface area contributed by atoms with Gasteiger partial charge in [-0.25, -0.2) is 4.39 Å². The molecule has 0 amide bonds. The fourth-order valence-electron chi connectivity index (χ4n) is 9.17. The van der Waals surface area contributed by atoms with Crippen LogP contribution in [0.25, 0.3) is 11.1 Å². The number of anilines is 7. The van der Waals surface area contributed by atoms with E-state index < -0.39 is 0 Å². The van der Waals surface area contributed by atoms with Crippen LogP contribution in [0.4, 0.5) is 44.2 Å². The van der Waals surface area contributed by atoms with Crippen molar-refractivity contribution in [3.05, 3.63) is 181 Å². The van der Waals surface area contributed by atoms with Gasteiger partial charge in [0.1, 0.15) is 17.3 Å². The maximum absolute atomic E-state index is 15.1. The highest BCUT2D eigenvalue weighted by Gasteiger charge is 2.43. The number of fused-ring (bicyclic) bond motifs is 5. The molecule has 0 radical (unpaired) electrons. The van der Waals surface area contributed by atoms with Crippen LogP contribution in [-0.2, 0) is 0 Å². The van der Waals surface area contributed by atoms with E-state index in [0.29, 0.717) is 0 Å². The van der Waals surface area contributed by atoms with Gasteiger partial charge in [0.05, 0.1) is 11.4 Å². The Morgan fingerprint density at radius 3 is 1.85 bits per heavy atom. The third kappa shape index (κ3) is 4.76. The van der Waals surface area contributed by atoms with Crippen molar-refractivity contribution in [1.82, 2.24) is 0 Å². The van der Waals surface area contributed by atoms with E-state index in [1.54, 1.807) is 12.1 Å². The van der Waals surface area contributed by atoms with Crippen LogP contribution in [-0.4, -0.2) is 6.71 Å². The first-order valence-electron chi connectivity index (χ1n) is 18.9. The lowest BCUT2D eigenvalue weighted by atomic mass is 9.34. The number of ether oxygens (including phenoxy) is 1. The van der Waals surface area contributed by atoms with Gasteiger partial charge in [0.15, 0.2) is 0 Å². The summed E-state index contributed by atoms with van der Waals surface area (Å²) in [6.07, 6.45) is 4.29. The highest BCUT2D eigenvalue weighted by Crippen LogP contribution is 2.52. The Morgan fingerprint density at radius 1 is 0.444 bits per heavy atom. The molecule has 0 spiro atoms. The average Bonchev–Trinajstić information content (AvgIpc) is 3.23. The Hall–Kier alpha value is -6.53. The number of halogens is 1. The fourth-order valence-corrected chi connectivity index (χ4v) is 9.17. The van der Waals surface area contributed by atoms with E-state index in [0.717, 1.165) is 93.1 Å². The van der Waals surface area contributed by atoms with Crippen molar-refractivity contribution in [3.8, 4) is 22.6 Å². The van der Waals surface area contributed by atoms with Crippen molar-refractivity contribution < 1.29 is 9.13 Å². The minimum Gasteiger partial charge on any atom is -0.458 e. The van der Waals surface area contributed by atoms with Crippen LogP contribution in [0.3, 0.4) is 0 Å². The molecule has 4 nitrogen and oxygen atoms in total. The Labute approximate surface area is 315 Å². The first kappa shape index (κ1) is 31.0. The summed E-state index contributed by atoms with van der Waals surface area (Å²) in [6.45, 7) is -0.0795. The molecule has 7 aromatic rings. The summed E-state index contributed by atoms with van der Waals surface area (Å²) in [6, 6.07) is 56.7. The van der Waals surface area contributed by atoms with Gasteiger partial charge in [-0.3, -0.25) is 0 Å². The second-order valence-corrected chi connectivity index (χ2v) is 14.5. The van der Waals surface area contributed by atoms with Crippen molar-refractivity contribution in [1.29, 1.82) is 0 Å². The van der Waals surface area contributed by atoms with E-state index >= 15 is 4.39 Å². The number of para-hydroxylation sites is 3. The molecule has 11 rings (SSSR count). The molecule has 6 heteroatoms. The number of hydrogen-bond donors (Lipinski definition) is 0. The Balaban J connectivity index is 1.15. The van der Waals surface area contributed by atoms with Crippen LogP contribution in [0.1, 0.15) is 25.7 Å². The van der Waals surface area contributed by atoms with Crippen LogP contribution in [0.15, 0.2) is 175 Å². The zero-order valence-electron chi connectivity index (χ0n) is 29.6. The summed E-state index contributed by atoms with van der Waals surface area (Å²) in [7, 11) is 0. The predicted molar refractivity (Wildman–Crippen MR) is 220 cm³/mol. The predicted octanol–water partition coefficient (Wildman–Crippen LogP) is 11.0. The molecular weight excluding hydrogens is 664 g/mol. The normalized spacial score (nSPS) is 15.1. The van der Waals surface area contributed by atoms with Crippen LogP contribution in [0.2, 0.25) is 0 Å². The fraction of sp³-hybridized carbons (Fsp3) is 0.0833. The molecule has 0 saturated carbocycles. The third-order valence-electron chi connectivity index (χ3n) is 11.4. The Morgan fingerprint density at radius 2 is 1.09 bits per heavy atom. The molecule has 0 fully saturated rings. The number of allylic oxidation sites excluding steroid dienone is 2. The second-order valence-electron chi connectivity index (χ2n) is 14.5. The zero-order valence-corrected chi connectivity index (χ0v) is 29.6. The number of nitrogens with zero attached hydrogens (tertiary/aromatic N) is 3. The van der Waals surface area contributed by atoms with Gasteiger partial charge in [0, 0.05) is 39.8 Å². The van der Waals surface area contributed by atoms with Gasteiger partial charge in [-0.1, -0.05) is 91.0 Å². The molecule has 0 aromatic heterocycles. The molecule has 1 aliphatic carbocycles. The minimum atomic E-state index is -0.269. The van der Waals surface area contributed by atoms with Crippen molar-refractivity contribution in [2.24, 2.45) is 0 Å². The molecule has 258 valence electrons. The summed E-state index contributed by atoms with van der Waals surface area (Å²) in [5.74, 6) is 1.42. The maximum atomic E-state index is 15.1. The summed E-state index contributed by atoms with van der Waals surface area (Å²) in [4.78, 5) is 7.19. The summed E-state index contributed by atoms with van der Waals surface area (Å²) in [5, 5.41) is 0. The van der Waals surface area contributed by atoms with Crippen molar-refractivity contribution in [3.63, 3.8) is 0 Å². The van der Waals surface area contributed by atoms with E-state index in [4.69, 9.17) is 4.74 Å². The van der Waals surface area contributed by atoms with E-state index in [2.05, 4.69) is 148 Å². The molecule has 0 saturated heterocycles. The van der Waals surface area contributed by atoms with Gasteiger partial charge in [0.2, 0.25) is 0 Å². The van der Waals surface area contributed by atoms with Crippen LogP contribution in [0, 0.1) is 5.82 Å². The Kier molecular flexibility index (Phi) is 7.06. The third-order valence-corrected chi connectivity index (χ3v) is 11.4. The van der Waals surface area contributed by atoms with Crippen LogP contribution >= 0.6 is 0 Å². The topological polar surface area (TPSA) is 19.0 Å². The maximum Gasteiger partial charge on any atom is 0.256 e. The van der Waals surface area contributed by atoms with Crippen molar-refractivity contribution in [2.45, 2.75) is 25.7 Å². The highest BCUT2D eigenvalue weighted by atomic mass is 19.1. The summed E-state index contributed by atoms with van der Waals surface area (Å²) in [5.41, 5.74) is 15.8. The van der Waals surface area contributed by atoms with Gasteiger partial charge in [0.25, 0.3) is 6.71 Å². The average molecular weight is 700 g/mol. The molecule has 7 aromatic carbocycles. The molecule has 3 heterocycles. The quantitative estimate of drug-likeness (QED) is 0.170. The van der Waals surface area contributed by atoms with Crippen LogP contribution < -0.4 is 35.8 Å². The molecule has 0 N–H and O–H groups in total. The smallest absolute Gasteiger partial charge is 0.256 e. The molecular formula is C48H35BFN3O. The zero-order chi connectivity index (χ0) is 35.8. The van der Waals surface area contributed by atoms with Gasteiger partial charge in [-0.2, -0.15) is 0 Å². The van der Waals surface area contributed by atoms with E-state index in [-0.39, 0.29) is 12.5 Å². The molecule has 0 atom stereocenters. The number of benzene rings is 7. The molecule has 4 aliphatic rings. The van der Waals surface area contributed by atoms with Gasteiger partial charge >= 0.3 is 0 Å². The van der Waals surface area contributed by atoms with E-state index in [1.165, 1.54) is 28.8 Å². The van der Waals surface area contributed by atoms with Gasteiger partial charge < -0.3 is 19.4 Å². The second kappa shape index (κ2) is 12.3. The van der Waals surface area contributed by atoms with Crippen LogP contribution in [0.5, 0.6) is 11.5 Å². The molecule has 0 bridgehead atoms. The number of rotatable bonds is 4. The van der Waals surface area contributed by atoms with Crippen molar-refractivity contribution >= 4 is 62.9 Å². The van der Waals surface area contributed by atoms with Crippen molar-refractivity contribution in [2.75, 3.05) is 14.7 Å². The van der Waals surface area contributed by atoms with E-state index in [1.807, 2.05) is 12.1 Å². The van der Waals surface area contributed by atoms with Gasteiger partial charge in [-0.05, 0) is 126 Å². The first-order valence-corrected chi connectivity index (χ1v) is 18.9. The monoisotopic (exact) mass is 699 g/mol. The van der Waals surface area contributed by atoms with E-state index in [9.17, 15) is 0 Å². The largest absolute Gasteiger partial charge is 0.458 e. The number of hydrogen-bond acceptors (Lipinski definition) is 4. The Bertz CT molecular complexity index is 2640. The lowest BCUT2D eigenvalue weighted by molar-refractivity contribution is 0.487. The molecule has 3 aliphatic heterocycles. The first-order chi connectivity index (χ1) is 26.7. The molecule has 54 heavy (non-hydrogen) atoms. The highest BCUT2D eigenvalue weighted by molar-refractivity contribution is 6.99. The standard InChI is InChI=1S/C48H35BFN3O/c50-34-15-11-18-36(30-34)53-44-23-12-24-47-48(44)49(39-29-33(25-28-46(39)54-47)32-13-3-1-4-14-32)38-27-26-37(31-45(38)53)52-42-21-9-7-19-40(42)51(35-16-5-2-6-17-35)41-20-8-10-22-43(41)52/h1-7,9,11-19,21,23-31H,8,10,20,22H2. The molecule has 0 unspecified atom stereocenters. The minimum absolute atomic E-state index is 0.0795. The SMILES string of the molecule is Fc1cccc(N2c3cc(N4C5=C(CCCC5)N(c5ccccc5)c5ccccc54)ccc3B3c4cc(-c5ccccc5)ccc4Oc4cccc2c43)c1. The van der Waals surface area contributed by atoms with Gasteiger partial charge in [-0.15, -0.1) is 0 Å². The summed E-state index contributed by atoms with van der Waals surface area (Å²) < 4.78 is 21.8. The lowest BCUT2D eigenvalue weighted by Crippen LogP contribution is -2.59.